The van der Waals surface area contributed by atoms with E-state index in [1.54, 1.807) is 16.9 Å². The van der Waals surface area contributed by atoms with Gasteiger partial charge in [0.15, 0.2) is 5.52 Å². The number of aromatic nitrogens is 6. The number of fused-ring (bicyclic) bond motifs is 1. The number of likely N-dealkylation sites (N-methyl/N-ethyl adjacent to an activating group) is 1. The lowest BCUT2D eigenvalue weighted by Gasteiger charge is -2.33. The number of nitrogens with zero attached hydrogens (tertiary/aromatic N) is 8. The van der Waals surface area contributed by atoms with E-state index in [0.29, 0.717) is 50.2 Å². The van der Waals surface area contributed by atoms with Crippen LogP contribution in [0.5, 0.6) is 5.88 Å². The van der Waals surface area contributed by atoms with Gasteiger partial charge < -0.3 is 19.5 Å². The fourth-order valence-electron chi connectivity index (χ4n) is 5.99. The van der Waals surface area contributed by atoms with Gasteiger partial charge >= 0.3 is 0 Å². The first-order valence-electron chi connectivity index (χ1n) is 15.7. The number of pyridine rings is 2. The molecule has 1 N–H and O–H groups in total. The van der Waals surface area contributed by atoms with Crippen molar-refractivity contribution < 1.29 is 13.2 Å². The Morgan fingerprint density at radius 3 is 2.49 bits per heavy atom. The average Bonchev–Trinajstić information content (AvgIpc) is 3.40. The second-order valence-corrected chi connectivity index (χ2v) is 13.7. The number of aromatic amines is 1. The Balaban J connectivity index is 1.43. The Hall–Kier alpha value is -3.72. The SMILES string of the molecule is CCCc1c2nc(-c3cc(S(=O)(=O)N4CCN(CC)CC4)cnc3OC3CCN(C)CC3)[nH]c(=O)c2nn1Cc1ccccn1. The molecule has 0 spiro atoms. The van der Waals surface area contributed by atoms with Crippen molar-refractivity contribution >= 4 is 21.1 Å². The molecular formula is C31H41N9O4S. The minimum Gasteiger partial charge on any atom is -0.474 e. The predicted molar refractivity (Wildman–Crippen MR) is 171 cm³/mol. The minimum absolute atomic E-state index is 0.0422. The highest BCUT2D eigenvalue weighted by atomic mass is 32.2. The largest absolute Gasteiger partial charge is 0.474 e. The molecule has 6 heterocycles. The van der Waals surface area contributed by atoms with E-state index >= 15 is 0 Å². The molecule has 6 rings (SSSR count). The third-order valence-electron chi connectivity index (χ3n) is 8.67. The molecule has 0 radical (unpaired) electrons. The van der Waals surface area contributed by atoms with Gasteiger partial charge in [-0.05, 0) is 51.1 Å². The van der Waals surface area contributed by atoms with Gasteiger partial charge in [-0.15, -0.1) is 0 Å². The lowest BCUT2D eigenvalue weighted by Crippen LogP contribution is -2.48. The van der Waals surface area contributed by atoms with Crippen molar-refractivity contribution in [3.8, 4) is 17.3 Å². The molecule has 4 aromatic heterocycles. The van der Waals surface area contributed by atoms with Crippen molar-refractivity contribution in [1.29, 1.82) is 0 Å². The number of hydrogen-bond donors (Lipinski definition) is 1. The van der Waals surface area contributed by atoms with E-state index in [0.717, 1.165) is 50.3 Å². The quantitative estimate of drug-likeness (QED) is 0.276. The highest BCUT2D eigenvalue weighted by Gasteiger charge is 2.31. The summed E-state index contributed by atoms with van der Waals surface area (Å²) in [6.45, 7) is 9.30. The number of ether oxygens (including phenoxy) is 1. The van der Waals surface area contributed by atoms with E-state index in [-0.39, 0.29) is 28.2 Å². The molecule has 0 amide bonds. The monoisotopic (exact) mass is 635 g/mol. The van der Waals surface area contributed by atoms with Crippen LogP contribution >= 0.6 is 0 Å². The van der Waals surface area contributed by atoms with Gasteiger partial charge in [-0.3, -0.25) is 14.5 Å². The van der Waals surface area contributed by atoms with Crippen molar-refractivity contribution in [2.75, 3.05) is 52.9 Å². The lowest BCUT2D eigenvalue weighted by molar-refractivity contribution is 0.110. The van der Waals surface area contributed by atoms with Crippen LogP contribution in [0.4, 0.5) is 0 Å². The van der Waals surface area contributed by atoms with E-state index in [4.69, 9.17) is 9.72 Å². The standard InChI is InChI=1S/C31H41N9O4S/c1-4-8-26-27-28(36-40(26)21-22-9-6-7-12-32-22)30(41)35-29(34-27)25-19-24(45(42,43)39-17-15-38(5-2)16-18-39)20-33-31(25)44-23-10-13-37(3)14-11-23/h6-7,9,12,19-20,23H,4-5,8,10-11,13-18,21H2,1-3H3,(H,34,35,41). The van der Waals surface area contributed by atoms with Gasteiger partial charge in [0.25, 0.3) is 5.56 Å². The topological polar surface area (TPSA) is 142 Å². The van der Waals surface area contributed by atoms with Crippen LogP contribution in [0, 0.1) is 0 Å². The third-order valence-corrected chi connectivity index (χ3v) is 10.5. The number of H-pyrrole nitrogens is 1. The van der Waals surface area contributed by atoms with Gasteiger partial charge in [0, 0.05) is 45.5 Å². The van der Waals surface area contributed by atoms with Gasteiger partial charge in [0.1, 0.15) is 22.3 Å². The van der Waals surface area contributed by atoms with Crippen LogP contribution in [0.3, 0.4) is 0 Å². The lowest BCUT2D eigenvalue weighted by atomic mass is 10.1. The van der Waals surface area contributed by atoms with Crippen LogP contribution in [0.2, 0.25) is 0 Å². The second kappa shape index (κ2) is 13.3. The molecule has 0 aliphatic carbocycles. The van der Waals surface area contributed by atoms with Crippen LogP contribution in [-0.2, 0) is 23.0 Å². The number of piperazine rings is 1. The number of nitrogens with one attached hydrogen (secondary N) is 1. The van der Waals surface area contributed by atoms with Gasteiger partial charge in [0.2, 0.25) is 15.9 Å². The maximum Gasteiger partial charge on any atom is 0.279 e. The molecule has 0 aromatic carbocycles. The molecule has 0 atom stereocenters. The molecule has 240 valence electrons. The van der Waals surface area contributed by atoms with Crippen molar-refractivity contribution in [3.05, 3.63) is 58.4 Å². The second-order valence-electron chi connectivity index (χ2n) is 11.8. The zero-order chi connectivity index (χ0) is 31.6. The van der Waals surface area contributed by atoms with Crippen LogP contribution in [0.1, 0.15) is 44.5 Å². The summed E-state index contributed by atoms with van der Waals surface area (Å²) in [5.41, 5.74) is 2.24. The highest BCUT2D eigenvalue weighted by molar-refractivity contribution is 7.89. The maximum absolute atomic E-state index is 13.8. The van der Waals surface area contributed by atoms with Crippen molar-refractivity contribution in [2.24, 2.45) is 0 Å². The Bertz CT molecular complexity index is 1790. The summed E-state index contributed by atoms with van der Waals surface area (Å²) in [5, 5.41) is 4.63. The van der Waals surface area contributed by atoms with Gasteiger partial charge in [-0.2, -0.15) is 9.40 Å². The normalized spacial score (nSPS) is 17.7. The summed E-state index contributed by atoms with van der Waals surface area (Å²) in [5.74, 6) is 0.449. The summed E-state index contributed by atoms with van der Waals surface area (Å²) in [7, 11) is -1.77. The summed E-state index contributed by atoms with van der Waals surface area (Å²) in [6.07, 6.45) is 6.08. The van der Waals surface area contributed by atoms with Gasteiger partial charge in [0.05, 0.1) is 29.7 Å². The minimum atomic E-state index is -3.84. The Morgan fingerprint density at radius 1 is 1.02 bits per heavy atom. The third kappa shape index (κ3) is 6.64. The van der Waals surface area contributed by atoms with E-state index in [1.165, 1.54) is 10.5 Å². The van der Waals surface area contributed by atoms with Crippen molar-refractivity contribution in [2.45, 2.75) is 57.1 Å². The molecule has 0 unspecified atom stereocenters. The number of likely N-dealkylation sites (tertiary alicyclic amines) is 1. The first kappa shape index (κ1) is 31.3. The fraction of sp³-hybridized carbons (Fsp3) is 0.516. The molecule has 0 bridgehead atoms. The van der Waals surface area contributed by atoms with Crippen LogP contribution in [0.25, 0.3) is 22.4 Å². The van der Waals surface area contributed by atoms with Crippen LogP contribution in [0.15, 0.2) is 46.3 Å². The maximum atomic E-state index is 13.8. The summed E-state index contributed by atoms with van der Waals surface area (Å²) >= 11 is 0. The fourth-order valence-corrected chi connectivity index (χ4v) is 7.38. The predicted octanol–water partition coefficient (Wildman–Crippen LogP) is 2.38. The molecule has 45 heavy (non-hydrogen) atoms. The number of aryl methyl sites for hydroxylation is 1. The van der Waals surface area contributed by atoms with Gasteiger partial charge in [-0.25, -0.2) is 18.4 Å². The summed E-state index contributed by atoms with van der Waals surface area (Å²) in [6, 6.07) is 7.23. The smallest absolute Gasteiger partial charge is 0.279 e. The Labute approximate surface area is 263 Å². The molecule has 2 saturated heterocycles. The Kier molecular flexibility index (Phi) is 9.26. The number of hydrogen-bond acceptors (Lipinski definition) is 10. The molecular weight excluding hydrogens is 594 g/mol. The zero-order valence-corrected chi connectivity index (χ0v) is 27.0. The molecule has 4 aromatic rings. The van der Waals surface area contributed by atoms with Crippen LogP contribution in [-0.4, -0.2) is 111 Å². The molecule has 14 heteroatoms. The number of sulfonamides is 1. The van der Waals surface area contributed by atoms with Gasteiger partial charge in [-0.1, -0.05) is 26.3 Å². The molecule has 13 nitrogen and oxygen atoms in total. The number of piperidine rings is 1. The number of rotatable bonds is 10. The van der Waals surface area contributed by atoms with Crippen molar-refractivity contribution in [3.63, 3.8) is 0 Å². The van der Waals surface area contributed by atoms with Crippen LogP contribution < -0.4 is 10.3 Å². The van der Waals surface area contributed by atoms with Crippen molar-refractivity contribution in [1.82, 2.24) is 43.8 Å². The Morgan fingerprint density at radius 2 is 1.80 bits per heavy atom. The molecule has 2 aliphatic heterocycles. The van der Waals surface area contributed by atoms with E-state index in [2.05, 4.69) is 50.7 Å². The zero-order valence-electron chi connectivity index (χ0n) is 26.1. The van der Waals surface area contributed by atoms with E-state index in [9.17, 15) is 13.2 Å². The average molecular weight is 636 g/mol. The first-order chi connectivity index (χ1) is 21.8. The van der Waals surface area contributed by atoms with E-state index < -0.39 is 15.6 Å². The summed E-state index contributed by atoms with van der Waals surface area (Å²) < 4.78 is 37.3. The molecule has 0 saturated carbocycles. The summed E-state index contributed by atoms with van der Waals surface area (Å²) in [4.78, 5) is 34.8. The highest BCUT2D eigenvalue weighted by Crippen LogP contribution is 2.32. The first-order valence-corrected chi connectivity index (χ1v) is 17.2. The molecule has 2 fully saturated rings. The van der Waals surface area contributed by atoms with E-state index in [1.807, 2.05) is 18.2 Å². The molecule has 2 aliphatic rings.